The van der Waals surface area contributed by atoms with E-state index >= 15 is 0 Å². The molecule has 0 aliphatic heterocycles. The van der Waals surface area contributed by atoms with Gasteiger partial charge in [-0.3, -0.25) is 0 Å². The number of hydrogen-bond donors (Lipinski definition) is 0. The fourth-order valence-corrected chi connectivity index (χ4v) is 0.543. The first-order chi connectivity index (χ1) is 4.06. The van der Waals surface area contributed by atoms with Gasteiger partial charge in [-0.05, 0) is 12.4 Å². The van der Waals surface area contributed by atoms with Gasteiger partial charge in [0.2, 0.25) is 0 Å². The number of rotatable bonds is 3. The Balaban J connectivity index is 3.66. The van der Waals surface area contributed by atoms with E-state index in [1.165, 1.54) is 0 Å². The van der Waals surface area contributed by atoms with Crippen molar-refractivity contribution < 1.29 is 12.3 Å². The monoisotopic (exact) mass is 151 g/mol. The van der Waals surface area contributed by atoms with Crippen LogP contribution in [0.15, 0.2) is 11.6 Å². The van der Waals surface area contributed by atoms with Crippen molar-refractivity contribution in [3.63, 3.8) is 0 Å². The lowest BCUT2D eigenvalue weighted by atomic mass is 10.8. The summed E-state index contributed by atoms with van der Waals surface area (Å²) in [5.74, 6) is 1.50. The number of nitrogens with zero attached hydrogens (tertiary/aromatic N) is 1. The molecule has 0 saturated heterocycles. The molecule has 0 aliphatic carbocycles. The normalized spacial score (nSPS) is 10.3. The molecule has 0 bridgehead atoms. The average Bonchev–Trinajstić information content (AvgIpc) is 1.63. The molecule has 0 spiro atoms. The zero-order chi connectivity index (χ0) is 7.33. The van der Waals surface area contributed by atoms with Crippen LogP contribution >= 0.6 is 0 Å². The maximum atomic E-state index is 11.6. The average molecular weight is 151 g/mol. The van der Waals surface area contributed by atoms with Gasteiger partial charge in [0.05, 0.1) is 6.54 Å². The molecule has 0 N–H and O–H groups in total. The number of halogens is 1. The summed E-state index contributed by atoms with van der Waals surface area (Å²) in [6, 6.07) is 0. The van der Waals surface area contributed by atoms with Crippen molar-refractivity contribution >= 4 is 16.1 Å². The molecule has 0 amide bonds. The van der Waals surface area contributed by atoms with Crippen molar-refractivity contribution in [2.45, 2.75) is 0 Å². The Bertz CT molecular complexity index is 215. The Morgan fingerprint density at radius 3 is 2.56 bits per heavy atom. The third-order valence-electron chi connectivity index (χ3n) is 0.559. The second-order valence-electron chi connectivity index (χ2n) is 1.28. The minimum Gasteiger partial charge on any atom is -0.243 e. The molecule has 0 aliphatic rings. The molecule has 0 rings (SSSR count). The van der Waals surface area contributed by atoms with Crippen LogP contribution in [0.5, 0.6) is 0 Å². The molecule has 0 aromatic rings. The summed E-state index contributed by atoms with van der Waals surface area (Å²) in [5.41, 5.74) is 0. The SMILES string of the molecule is C=C=NCCS(=O)(=O)F. The summed E-state index contributed by atoms with van der Waals surface area (Å²) in [5, 5.41) is 0. The van der Waals surface area contributed by atoms with Gasteiger partial charge in [0.25, 0.3) is 0 Å². The van der Waals surface area contributed by atoms with Crippen molar-refractivity contribution in [2.24, 2.45) is 4.99 Å². The second-order valence-corrected chi connectivity index (χ2v) is 2.77. The molecule has 0 fully saturated rings. The molecule has 5 heteroatoms. The predicted molar refractivity (Wildman–Crippen MR) is 32.8 cm³/mol. The van der Waals surface area contributed by atoms with E-state index in [9.17, 15) is 12.3 Å². The largest absolute Gasteiger partial charge is 0.304 e. The van der Waals surface area contributed by atoms with Gasteiger partial charge < -0.3 is 0 Å². The third kappa shape index (κ3) is 7.33. The topological polar surface area (TPSA) is 46.5 Å². The Morgan fingerprint density at radius 2 is 2.22 bits per heavy atom. The van der Waals surface area contributed by atoms with Crippen molar-refractivity contribution in [1.82, 2.24) is 0 Å². The van der Waals surface area contributed by atoms with Gasteiger partial charge >= 0.3 is 10.2 Å². The highest BCUT2D eigenvalue weighted by Gasteiger charge is 2.03. The van der Waals surface area contributed by atoms with Crippen molar-refractivity contribution in [3.05, 3.63) is 6.58 Å². The van der Waals surface area contributed by atoms with Crippen LogP contribution < -0.4 is 0 Å². The summed E-state index contributed by atoms with van der Waals surface area (Å²) < 4.78 is 31.0. The maximum absolute atomic E-state index is 11.6. The summed E-state index contributed by atoms with van der Waals surface area (Å²) in [4.78, 5) is 3.28. The lowest BCUT2D eigenvalue weighted by Crippen LogP contribution is -2.00. The van der Waals surface area contributed by atoms with Crippen LogP contribution in [0.3, 0.4) is 0 Å². The van der Waals surface area contributed by atoms with E-state index < -0.39 is 16.0 Å². The number of hydrogen-bond acceptors (Lipinski definition) is 3. The standard InChI is InChI=1S/C4H6FNO2S/c1-2-6-3-4-9(5,7)8/h1,3-4H2. The van der Waals surface area contributed by atoms with Crippen LogP contribution in [0.4, 0.5) is 3.89 Å². The highest BCUT2D eigenvalue weighted by atomic mass is 32.3. The summed E-state index contributed by atoms with van der Waals surface area (Å²) in [6.45, 7) is 2.96. The van der Waals surface area contributed by atoms with Crippen LogP contribution in [-0.2, 0) is 10.2 Å². The first-order valence-corrected chi connectivity index (χ1v) is 3.72. The van der Waals surface area contributed by atoms with E-state index in [4.69, 9.17) is 0 Å². The molecule has 0 radical (unpaired) electrons. The van der Waals surface area contributed by atoms with Crippen LogP contribution in [-0.4, -0.2) is 26.6 Å². The fraction of sp³-hybridized carbons (Fsp3) is 0.500. The van der Waals surface area contributed by atoms with E-state index in [1.807, 2.05) is 0 Å². The summed E-state index contributed by atoms with van der Waals surface area (Å²) >= 11 is 0. The van der Waals surface area contributed by atoms with Gasteiger partial charge in [-0.2, -0.15) is 8.42 Å². The fourth-order valence-electron chi connectivity index (χ4n) is 0.234. The zero-order valence-corrected chi connectivity index (χ0v) is 5.49. The van der Waals surface area contributed by atoms with Gasteiger partial charge in [0.15, 0.2) is 0 Å². The van der Waals surface area contributed by atoms with Crippen LogP contribution in [0, 0.1) is 0 Å². The van der Waals surface area contributed by atoms with E-state index in [0.29, 0.717) is 0 Å². The van der Waals surface area contributed by atoms with Gasteiger partial charge in [-0.25, -0.2) is 4.99 Å². The van der Waals surface area contributed by atoms with Crippen molar-refractivity contribution in [1.29, 1.82) is 0 Å². The minimum atomic E-state index is -4.36. The highest BCUT2D eigenvalue weighted by Crippen LogP contribution is 1.88. The molecule has 0 atom stereocenters. The van der Waals surface area contributed by atoms with E-state index in [2.05, 4.69) is 17.4 Å². The Hall–Kier alpha value is -0.670. The molecule has 0 saturated carbocycles. The van der Waals surface area contributed by atoms with Crippen LogP contribution in [0.2, 0.25) is 0 Å². The Kier molecular flexibility index (Phi) is 3.12. The van der Waals surface area contributed by atoms with Crippen molar-refractivity contribution in [2.75, 3.05) is 12.3 Å². The van der Waals surface area contributed by atoms with Gasteiger partial charge in [0.1, 0.15) is 5.75 Å². The smallest absolute Gasteiger partial charge is 0.243 e. The first-order valence-electron chi connectivity index (χ1n) is 2.17. The molecule has 3 nitrogen and oxygen atoms in total. The Morgan fingerprint density at radius 1 is 1.67 bits per heavy atom. The second kappa shape index (κ2) is 3.37. The summed E-state index contributed by atoms with van der Waals surface area (Å²) in [6.07, 6.45) is 0. The molecule has 9 heavy (non-hydrogen) atoms. The molecule has 0 aromatic carbocycles. The quantitative estimate of drug-likeness (QED) is 0.425. The van der Waals surface area contributed by atoms with Crippen LogP contribution in [0.25, 0.3) is 0 Å². The lowest BCUT2D eigenvalue weighted by Gasteiger charge is -1.84. The van der Waals surface area contributed by atoms with Crippen LogP contribution in [0.1, 0.15) is 0 Å². The summed E-state index contributed by atoms with van der Waals surface area (Å²) in [7, 11) is -4.36. The van der Waals surface area contributed by atoms with Gasteiger partial charge in [-0.15, -0.1) is 3.89 Å². The Labute approximate surface area is 53.1 Å². The first kappa shape index (κ1) is 8.33. The van der Waals surface area contributed by atoms with E-state index in [1.54, 1.807) is 0 Å². The predicted octanol–water partition coefficient (Wildman–Crippen LogP) is 0.141. The number of aliphatic imine (C=N–C) groups is 1. The molecular formula is C4H6FNO2S. The molecule has 0 unspecified atom stereocenters. The van der Waals surface area contributed by atoms with Gasteiger partial charge in [-0.1, -0.05) is 0 Å². The molecule has 52 valence electrons. The molecule has 0 aromatic heterocycles. The maximum Gasteiger partial charge on any atom is 0.304 e. The lowest BCUT2D eigenvalue weighted by molar-refractivity contribution is 0.552. The highest BCUT2D eigenvalue weighted by molar-refractivity contribution is 7.86. The van der Waals surface area contributed by atoms with E-state index in [0.717, 1.165) is 0 Å². The zero-order valence-electron chi connectivity index (χ0n) is 4.67. The van der Waals surface area contributed by atoms with Gasteiger partial charge in [0, 0.05) is 0 Å². The minimum absolute atomic E-state index is 0.109. The van der Waals surface area contributed by atoms with Crippen molar-refractivity contribution in [3.8, 4) is 0 Å². The molecule has 0 heterocycles. The van der Waals surface area contributed by atoms with E-state index in [-0.39, 0.29) is 6.54 Å². The third-order valence-corrected chi connectivity index (χ3v) is 1.23. The molecular weight excluding hydrogens is 145 g/mol.